The zero-order chi connectivity index (χ0) is 13.2. The molecule has 0 fully saturated rings. The van der Waals surface area contributed by atoms with Gasteiger partial charge in [0.1, 0.15) is 5.69 Å². The van der Waals surface area contributed by atoms with E-state index in [-0.39, 0.29) is 0 Å². The summed E-state index contributed by atoms with van der Waals surface area (Å²) in [5.41, 5.74) is 3.43. The number of nitrogens with zero attached hydrogens (tertiary/aromatic N) is 2. The monoisotopic (exact) mass is 312 g/mol. The quantitative estimate of drug-likeness (QED) is 0.675. The maximum atomic E-state index is 10.9. The Bertz CT molecular complexity index is 757. The van der Waals surface area contributed by atoms with Gasteiger partial charge in [-0.2, -0.15) is 0 Å². The van der Waals surface area contributed by atoms with Crippen molar-refractivity contribution in [1.82, 2.24) is 9.97 Å². The second kappa shape index (κ2) is 4.90. The molecule has 2 heterocycles. The lowest BCUT2D eigenvalue weighted by Crippen LogP contribution is -1.90. The molecule has 3 rings (SSSR count). The average Bonchev–Trinajstić information content (AvgIpc) is 2.47. The molecule has 4 heteroatoms. The molecule has 0 N–H and O–H groups in total. The summed E-state index contributed by atoms with van der Waals surface area (Å²) in [6, 6.07) is 11.8. The van der Waals surface area contributed by atoms with Gasteiger partial charge in [-0.05, 0) is 57.4 Å². The van der Waals surface area contributed by atoms with E-state index in [1.54, 1.807) is 12.4 Å². The van der Waals surface area contributed by atoms with Crippen molar-refractivity contribution < 1.29 is 4.79 Å². The molecule has 0 saturated carbocycles. The molecule has 19 heavy (non-hydrogen) atoms. The number of aromatic nitrogens is 2. The van der Waals surface area contributed by atoms with Crippen LogP contribution in [-0.2, 0) is 0 Å². The van der Waals surface area contributed by atoms with Crippen LogP contribution in [0.4, 0.5) is 0 Å². The van der Waals surface area contributed by atoms with Gasteiger partial charge in [-0.1, -0.05) is 6.07 Å². The van der Waals surface area contributed by atoms with E-state index in [4.69, 9.17) is 0 Å². The highest BCUT2D eigenvalue weighted by Gasteiger charge is 2.05. The van der Waals surface area contributed by atoms with Gasteiger partial charge in [0, 0.05) is 22.3 Å². The summed E-state index contributed by atoms with van der Waals surface area (Å²) in [5.74, 6) is 0. The van der Waals surface area contributed by atoms with Crippen molar-refractivity contribution in [3.05, 3.63) is 59.0 Å². The lowest BCUT2D eigenvalue weighted by molar-refractivity contribution is 0.111. The Labute approximate surface area is 118 Å². The zero-order valence-corrected chi connectivity index (χ0v) is 11.5. The number of aldehydes is 1. The summed E-state index contributed by atoms with van der Waals surface area (Å²) in [7, 11) is 0. The van der Waals surface area contributed by atoms with Crippen LogP contribution in [0.15, 0.2) is 53.3 Å². The predicted octanol–water partition coefficient (Wildman–Crippen LogP) is 3.87. The number of fused-ring (bicyclic) bond motifs is 1. The molecule has 3 nitrogen and oxygen atoms in total. The number of benzene rings is 1. The molecule has 0 unspecified atom stereocenters. The third-order valence-electron chi connectivity index (χ3n) is 2.92. The molecular formula is C15H9BrN2O. The number of rotatable bonds is 2. The predicted molar refractivity (Wildman–Crippen MR) is 78.1 cm³/mol. The molecule has 0 atom stereocenters. The molecular weight excluding hydrogens is 304 g/mol. The fourth-order valence-corrected chi connectivity index (χ4v) is 2.40. The summed E-state index contributed by atoms with van der Waals surface area (Å²) in [6.45, 7) is 0. The third kappa shape index (κ3) is 2.27. The molecule has 1 aromatic carbocycles. The number of hydrogen-bond donors (Lipinski definition) is 0. The van der Waals surface area contributed by atoms with E-state index in [1.165, 1.54) is 0 Å². The maximum Gasteiger partial charge on any atom is 0.169 e. The standard InChI is InChI=1S/C15H9BrN2O/c16-13-8-12-7-11(10-3-5-17-6-4-10)1-2-14(12)18-15(13)9-19/h1-9H. The Kier molecular flexibility index (Phi) is 3.09. The smallest absolute Gasteiger partial charge is 0.169 e. The first-order valence-electron chi connectivity index (χ1n) is 5.74. The van der Waals surface area contributed by atoms with E-state index in [0.29, 0.717) is 10.2 Å². The van der Waals surface area contributed by atoms with E-state index in [9.17, 15) is 4.79 Å². The summed E-state index contributed by atoms with van der Waals surface area (Å²) in [4.78, 5) is 19.2. The van der Waals surface area contributed by atoms with Crippen LogP contribution in [0.25, 0.3) is 22.0 Å². The van der Waals surface area contributed by atoms with Crippen LogP contribution in [-0.4, -0.2) is 16.3 Å². The first-order chi connectivity index (χ1) is 9.28. The van der Waals surface area contributed by atoms with Gasteiger partial charge in [0.15, 0.2) is 6.29 Å². The van der Waals surface area contributed by atoms with Crippen LogP contribution < -0.4 is 0 Å². The van der Waals surface area contributed by atoms with E-state index in [0.717, 1.165) is 28.3 Å². The number of halogens is 1. The van der Waals surface area contributed by atoms with Gasteiger partial charge < -0.3 is 0 Å². The molecule has 2 aromatic heterocycles. The second-order valence-electron chi connectivity index (χ2n) is 4.12. The van der Waals surface area contributed by atoms with Crippen molar-refractivity contribution in [1.29, 1.82) is 0 Å². The van der Waals surface area contributed by atoms with Crippen molar-refractivity contribution in [2.45, 2.75) is 0 Å². The van der Waals surface area contributed by atoms with E-state index < -0.39 is 0 Å². The van der Waals surface area contributed by atoms with E-state index in [1.807, 2.05) is 30.3 Å². The topological polar surface area (TPSA) is 42.9 Å². The lowest BCUT2D eigenvalue weighted by atomic mass is 10.0. The average molecular weight is 313 g/mol. The third-order valence-corrected chi connectivity index (χ3v) is 3.56. The van der Waals surface area contributed by atoms with Crippen LogP contribution in [0.5, 0.6) is 0 Å². The Morgan fingerprint density at radius 3 is 2.53 bits per heavy atom. The van der Waals surface area contributed by atoms with Crippen molar-refractivity contribution in [2.75, 3.05) is 0 Å². The molecule has 0 spiro atoms. The largest absolute Gasteiger partial charge is 0.296 e. The number of carbonyl (C=O) groups excluding carboxylic acids is 1. The normalized spacial score (nSPS) is 10.6. The zero-order valence-electron chi connectivity index (χ0n) is 9.88. The minimum atomic E-state index is 0.421. The maximum absolute atomic E-state index is 10.9. The van der Waals surface area contributed by atoms with Gasteiger partial charge in [0.2, 0.25) is 0 Å². The lowest BCUT2D eigenvalue weighted by Gasteiger charge is -2.05. The minimum absolute atomic E-state index is 0.421. The summed E-state index contributed by atoms with van der Waals surface area (Å²) < 4.78 is 0.710. The van der Waals surface area contributed by atoms with Crippen LogP contribution in [0, 0.1) is 0 Å². The molecule has 0 radical (unpaired) electrons. The molecule has 0 amide bonds. The molecule has 0 aliphatic rings. The van der Waals surface area contributed by atoms with Crippen molar-refractivity contribution in [2.24, 2.45) is 0 Å². The van der Waals surface area contributed by atoms with E-state index >= 15 is 0 Å². The van der Waals surface area contributed by atoms with Gasteiger partial charge in [0.05, 0.1) is 5.52 Å². The Balaban J connectivity index is 2.19. The molecule has 92 valence electrons. The fourth-order valence-electron chi connectivity index (χ4n) is 1.97. The Morgan fingerprint density at radius 1 is 1.00 bits per heavy atom. The first kappa shape index (κ1) is 12.0. The highest BCUT2D eigenvalue weighted by Crippen LogP contribution is 2.26. The minimum Gasteiger partial charge on any atom is -0.296 e. The summed E-state index contributed by atoms with van der Waals surface area (Å²) >= 11 is 3.35. The number of carbonyl (C=O) groups is 1. The van der Waals surface area contributed by atoms with Crippen molar-refractivity contribution in [3.63, 3.8) is 0 Å². The fraction of sp³-hybridized carbons (Fsp3) is 0. The molecule has 0 aliphatic heterocycles. The van der Waals surface area contributed by atoms with Crippen LogP contribution >= 0.6 is 15.9 Å². The van der Waals surface area contributed by atoms with Gasteiger partial charge in [0.25, 0.3) is 0 Å². The van der Waals surface area contributed by atoms with Crippen LogP contribution in [0.2, 0.25) is 0 Å². The van der Waals surface area contributed by atoms with Crippen LogP contribution in [0.3, 0.4) is 0 Å². The summed E-state index contributed by atoms with van der Waals surface area (Å²) in [6.07, 6.45) is 4.28. The van der Waals surface area contributed by atoms with Crippen LogP contribution in [0.1, 0.15) is 10.5 Å². The van der Waals surface area contributed by atoms with E-state index in [2.05, 4.69) is 32.0 Å². The van der Waals surface area contributed by atoms with Crippen molar-refractivity contribution >= 4 is 33.1 Å². The first-order valence-corrected chi connectivity index (χ1v) is 6.53. The van der Waals surface area contributed by atoms with Crippen molar-refractivity contribution in [3.8, 4) is 11.1 Å². The molecule has 0 bridgehead atoms. The second-order valence-corrected chi connectivity index (χ2v) is 4.97. The van der Waals surface area contributed by atoms with Gasteiger partial charge in [-0.3, -0.25) is 9.78 Å². The Hall–Kier alpha value is -2.07. The molecule has 0 aliphatic carbocycles. The molecule has 3 aromatic rings. The molecule has 0 saturated heterocycles. The summed E-state index contributed by atoms with van der Waals surface area (Å²) in [5, 5.41) is 0.992. The van der Waals surface area contributed by atoms with Gasteiger partial charge in [-0.15, -0.1) is 0 Å². The van der Waals surface area contributed by atoms with Gasteiger partial charge in [-0.25, -0.2) is 4.98 Å². The number of pyridine rings is 2. The number of hydrogen-bond acceptors (Lipinski definition) is 3. The highest BCUT2D eigenvalue weighted by atomic mass is 79.9. The Morgan fingerprint density at radius 2 is 1.79 bits per heavy atom. The SMILES string of the molecule is O=Cc1nc2ccc(-c3ccncc3)cc2cc1Br. The highest BCUT2D eigenvalue weighted by molar-refractivity contribution is 9.10. The van der Waals surface area contributed by atoms with Gasteiger partial charge >= 0.3 is 0 Å².